The van der Waals surface area contributed by atoms with Crippen LogP contribution in [0.25, 0.3) is 0 Å². The Kier molecular flexibility index (Phi) is 9.27. The molecule has 0 saturated carbocycles. The Hall–Kier alpha value is -3.11. The molecule has 0 fully saturated rings. The molecule has 0 spiro atoms. The SMILES string of the molecule is Cc1cc(C)cc(N(CCC(=O)Nc2c(C(C)C)cccc2C(C)C)CCN2CCc3ccccc3C2)c1. The van der Waals surface area contributed by atoms with Crippen LogP contribution >= 0.6 is 0 Å². The number of nitrogens with one attached hydrogen (secondary N) is 1. The Morgan fingerprint density at radius 3 is 2.13 bits per heavy atom. The van der Waals surface area contributed by atoms with Gasteiger partial charge in [-0.1, -0.05) is 76.2 Å². The fourth-order valence-corrected chi connectivity index (χ4v) is 5.64. The number of hydrogen-bond donors (Lipinski definition) is 1. The second-order valence-corrected chi connectivity index (χ2v) is 11.5. The lowest BCUT2D eigenvalue weighted by molar-refractivity contribution is -0.116. The van der Waals surface area contributed by atoms with Gasteiger partial charge in [-0.25, -0.2) is 0 Å². The van der Waals surface area contributed by atoms with Crippen LogP contribution in [0.15, 0.2) is 60.7 Å². The van der Waals surface area contributed by atoms with E-state index in [2.05, 4.69) is 117 Å². The smallest absolute Gasteiger partial charge is 0.226 e. The number of rotatable bonds is 10. The molecule has 0 bridgehead atoms. The van der Waals surface area contributed by atoms with Crippen molar-refractivity contribution in [2.24, 2.45) is 0 Å². The number of amides is 1. The summed E-state index contributed by atoms with van der Waals surface area (Å²) in [5.74, 6) is 0.789. The van der Waals surface area contributed by atoms with Crippen molar-refractivity contribution < 1.29 is 4.79 Å². The first-order valence-electron chi connectivity index (χ1n) is 14.3. The number of hydrogen-bond acceptors (Lipinski definition) is 3. The highest BCUT2D eigenvalue weighted by molar-refractivity contribution is 5.93. The summed E-state index contributed by atoms with van der Waals surface area (Å²) in [5.41, 5.74) is 10.1. The van der Waals surface area contributed by atoms with Crippen molar-refractivity contribution in [3.63, 3.8) is 0 Å². The van der Waals surface area contributed by atoms with E-state index in [0.29, 0.717) is 24.8 Å². The van der Waals surface area contributed by atoms with Gasteiger partial charge in [0, 0.05) is 50.5 Å². The highest BCUT2D eigenvalue weighted by Gasteiger charge is 2.19. The van der Waals surface area contributed by atoms with Gasteiger partial charge in [-0.3, -0.25) is 9.69 Å². The zero-order valence-electron chi connectivity index (χ0n) is 24.2. The molecule has 0 saturated heterocycles. The van der Waals surface area contributed by atoms with Crippen LogP contribution in [0.2, 0.25) is 0 Å². The molecule has 1 amide bonds. The molecule has 1 aliphatic heterocycles. The van der Waals surface area contributed by atoms with Gasteiger partial charge >= 0.3 is 0 Å². The maximum atomic E-state index is 13.3. The van der Waals surface area contributed by atoms with Gasteiger partial charge in [0.15, 0.2) is 0 Å². The van der Waals surface area contributed by atoms with Crippen molar-refractivity contribution in [2.45, 2.75) is 72.8 Å². The Morgan fingerprint density at radius 2 is 1.50 bits per heavy atom. The summed E-state index contributed by atoms with van der Waals surface area (Å²) in [4.78, 5) is 18.3. The minimum atomic E-state index is 0.0845. The van der Waals surface area contributed by atoms with E-state index >= 15 is 0 Å². The van der Waals surface area contributed by atoms with Crippen molar-refractivity contribution in [2.75, 3.05) is 36.4 Å². The molecular weight excluding hydrogens is 466 g/mol. The van der Waals surface area contributed by atoms with Crippen LogP contribution in [0.1, 0.15) is 79.3 Å². The van der Waals surface area contributed by atoms with Gasteiger partial charge in [0.25, 0.3) is 0 Å². The first-order chi connectivity index (χ1) is 18.2. The minimum absolute atomic E-state index is 0.0845. The molecule has 1 aliphatic rings. The molecule has 1 heterocycles. The molecule has 0 atom stereocenters. The monoisotopic (exact) mass is 511 g/mol. The lowest BCUT2D eigenvalue weighted by atomic mass is 9.92. The number of carbonyl (C=O) groups excluding carboxylic acids is 1. The van der Waals surface area contributed by atoms with Crippen LogP contribution in [-0.4, -0.2) is 37.0 Å². The maximum Gasteiger partial charge on any atom is 0.226 e. The molecule has 0 unspecified atom stereocenters. The average Bonchev–Trinajstić information content (AvgIpc) is 2.87. The summed E-state index contributed by atoms with van der Waals surface area (Å²) >= 11 is 0. The van der Waals surface area contributed by atoms with E-state index in [1.165, 1.54) is 39.1 Å². The van der Waals surface area contributed by atoms with Crippen molar-refractivity contribution in [1.82, 2.24) is 4.90 Å². The highest BCUT2D eigenvalue weighted by Crippen LogP contribution is 2.32. The van der Waals surface area contributed by atoms with Crippen molar-refractivity contribution >= 4 is 17.3 Å². The van der Waals surface area contributed by atoms with Gasteiger partial charge in [-0.15, -0.1) is 0 Å². The third kappa shape index (κ3) is 7.05. The summed E-state index contributed by atoms with van der Waals surface area (Å²) in [6.45, 7) is 17.7. The molecule has 4 rings (SSSR count). The van der Waals surface area contributed by atoms with E-state index in [9.17, 15) is 4.79 Å². The number of fused-ring (bicyclic) bond motifs is 1. The number of benzene rings is 3. The quantitative estimate of drug-likeness (QED) is 0.307. The van der Waals surface area contributed by atoms with Crippen molar-refractivity contribution in [1.29, 1.82) is 0 Å². The third-order valence-corrected chi connectivity index (χ3v) is 7.71. The Bertz CT molecular complexity index is 1200. The summed E-state index contributed by atoms with van der Waals surface area (Å²) < 4.78 is 0. The van der Waals surface area contributed by atoms with Crippen LogP contribution < -0.4 is 10.2 Å². The fourth-order valence-electron chi connectivity index (χ4n) is 5.64. The van der Waals surface area contributed by atoms with E-state index in [4.69, 9.17) is 0 Å². The molecule has 4 nitrogen and oxygen atoms in total. The van der Waals surface area contributed by atoms with E-state index in [1.807, 2.05) is 0 Å². The van der Waals surface area contributed by atoms with Crippen LogP contribution in [0.4, 0.5) is 11.4 Å². The van der Waals surface area contributed by atoms with Crippen LogP contribution in [0, 0.1) is 13.8 Å². The summed E-state index contributed by atoms with van der Waals surface area (Å²) in [5, 5.41) is 3.31. The predicted octanol–water partition coefficient (Wildman–Crippen LogP) is 7.44. The topological polar surface area (TPSA) is 35.6 Å². The molecule has 38 heavy (non-hydrogen) atoms. The summed E-state index contributed by atoms with van der Waals surface area (Å²) in [6, 6.07) is 21.9. The summed E-state index contributed by atoms with van der Waals surface area (Å²) in [7, 11) is 0. The normalized spacial score (nSPS) is 13.6. The lowest BCUT2D eigenvalue weighted by Gasteiger charge is -2.32. The second-order valence-electron chi connectivity index (χ2n) is 11.5. The van der Waals surface area contributed by atoms with E-state index in [0.717, 1.165) is 38.3 Å². The van der Waals surface area contributed by atoms with Crippen molar-refractivity contribution in [3.8, 4) is 0 Å². The van der Waals surface area contributed by atoms with Crippen LogP contribution in [0.3, 0.4) is 0 Å². The molecule has 0 aromatic heterocycles. The van der Waals surface area contributed by atoms with Gasteiger partial charge in [-0.05, 0) is 77.6 Å². The average molecular weight is 512 g/mol. The molecule has 3 aromatic carbocycles. The van der Waals surface area contributed by atoms with E-state index < -0.39 is 0 Å². The molecular formula is C34H45N3O. The standard InChI is InChI=1S/C34H45N3O/c1-24(2)31-12-9-13-32(25(3)4)34(31)35-33(38)15-17-37(30-21-26(5)20-27(6)22-30)19-18-36-16-14-28-10-7-8-11-29(28)23-36/h7-13,20-22,24-25H,14-19,23H2,1-6H3,(H,35,38). The fraction of sp³-hybridized carbons (Fsp3) is 0.441. The van der Waals surface area contributed by atoms with E-state index in [-0.39, 0.29) is 5.91 Å². The molecule has 3 aromatic rings. The van der Waals surface area contributed by atoms with Gasteiger partial charge in [0.05, 0.1) is 0 Å². The highest BCUT2D eigenvalue weighted by atomic mass is 16.1. The van der Waals surface area contributed by atoms with E-state index in [1.54, 1.807) is 0 Å². The Balaban J connectivity index is 1.46. The Labute approximate surface area is 230 Å². The largest absolute Gasteiger partial charge is 0.370 e. The number of para-hydroxylation sites is 1. The molecule has 4 heteroatoms. The number of aryl methyl sites for hydroxylation is 2. The maximum absolute atomic E-state index is 13.3. The molecule has 202 valence electrons. The van der Waals surface area contributed by atoms with Crippen LogP contribution in [-0.2, 0) is 17.8 Å². The first kappa shape index (κ1) is 27.9. The van der Waals surface area contributed by atoms with Crippen molar-refractivity contribution in [3.05, 3.63) is 94.0 Å². The molecule has 1 N–H and O–H groups in total. The number of nitrogens with zero attached hydrogens (tertiary/aromatic N) is 2. The molecule has 0 radical (unpaired) electrons. The lowest BCUT2D eigenvalue weighted by Crippen LogP contribution is -2.39. The second kappa shape index (κ2) is 12.6. The first-order valence-corrected chi connectivity index (χ1v) is 14.3. The zero-order chi connectivity index (χ0) is 27.2. The minimum Gasteiger partial charge on any atom is -0.370 e. The third-order valence-electron chi connectivity index (χ3n) is 7.71. The molecule has 0 aliphatic carbocycles. The zero-order valence-corrected chi connectivity index (χ0v) is 24.2. The van der Waals surface area contributed by atoms with Gasteiger partial charge in [-0.2, -0.15) is 0 Å². The van der Waals surface area contributed by atoms with Crippen LogP contribution in [0.5, 0.6) is 0 Å². The number of anilines is 2. The predicted molar refractivity (Wildman–Crippen MR) is 161 cm³/mol. The number of carbonyl (C=O) groups is 1. The van der Waals surface area contributed by atoms with Gasteiger partial charge < -0.3 is 10.2 Å². The van der Waals surface area contributed by atoms with Gasteiger partial charge in [0.1, 0.15) is 0 Å². The Morgan fingerprint density at radius 1 is 0.868 bits per heavy atom. The summed E-state index contributed by atoms with van der Waals surface area (Å²) in [6.07, 6.45) is 1.56. The van der Waals surface area contributed by atoms with Gasteiger partial charge in [0.2, 0.25) is 5.91 Å².